The minimum Gasteiger partial charge on any atom is -0.393 e. The van der Waals surface area contributed by atoms with E-state index >= 15 is 0 Å². The predicted octanol–water partition coefficient (Wildman–Crippen LogP) is 3.26. The molecule has 1 aromatic carbocycles. The fourth-order valence-corrected chi connectivity index (χ4v) is 5.21. The normalized spacial score (nSPS) is 26.3. The Labute approximate surface area is 151 Å². The number of thioether (sulfide) groups is 1. The van der Waals surface area contributed by atoms with Gasteiger partial charge in [0.05, 0.1) is 6.10 Å². The lowest BCUT2D eigenvalue weighted by molar-refractivity contribution is 0.0791. The van der Waals surface area contributed by atoms with Crippen LogP contribution in [0.4, 0.5) is 0 Å². The SMILES string of the molecule is CC(C)C1CC(NCc2ccccc2CN2CCC(O)CC2)CS1. The number of hydrogen-bond donors (Lipinski definition) is 2. The highest BCUT2D eigenvalue weighted by Gasteiger charge is 2.27. The van der Waals surface area contributed by atoms with E-state index in [1.54, 1.807) is 0 Å². The van der Waals surface area contributed by atoms with Crippen LogP contribution in [0.25, 0.3) is 0 Å². The number of benzene rings is 1. The van der Waals surface area contributed by atoms with Crippen LogP contribution >= 0.6 is 11.8 Å². The fourth-order valence-electron chi connectivity index (χ4n) is 3.72. The molecule has 134 valence electrons. The van der Waals surface area contributed by atoms with Gasteiger partial charge in [-0.2, -0.15) is 11.8 Å². The number of likely N-dealkylation sites (tertiary alicyclic amines) is 1. The van der Waals surface area contributed by atoms with Crippen molar-refractivity contribution in [2.24, 2.45) is 5.92 Å². The van der Waals surface area contributed by atoms with Crippen LogP contribution in [0.15, 0.2) is 24.3 Å². The molecule has 0 spiro atoms. The van der Waals surface area contributed by atoms with Crippen molar-refractivity contribution in [1.29, 1.82) is 0 Å². The minimum atomic E-state index is -0.0908. The summed E-state index contributed by atoms with van der Waals surface area (Å²) in [6.45, 7) is 8.69. The Morgan fingerprint density at radius 3 is 2.58 bits per heavy atom. The van der Waals surface area contributed by atoms with Gasteiger partial charge in [0.2, 0.25) is 0 Å². The zero-order valence-corrected chi connectivity index (χ0v) is 15.9. The Morgan fingerprint density at radius 1 is 1.21 bits per heavy atom. The van der Waals surface area contributed by atoms with E-state index in [0.717, 1.165) is 50.2 Å². The van der Waals surface area contributed by atoms with Crippen LogP contribution in [-0.2, 0) is 13.1 Å². The highest BCUT2D eigenvalue weighted by atomic mass is 32.2. The molecule has 2 N–H and O–H groups in total. The minimum absolute atomic E-state index is 0.0908. The molecule has 3 nitrogen and oxygen atoms in total. The molecule has 2 saturated heterocycles. The lowest BCUT2D eigenvalue weighted by atomic mass is 10.0. The van der Waals surface area contributed by atoms with Crippen LogP contribution in [0.5, 0.6) is 0 Å². The molecular formula is C20H32N2OS. The van der Waals surface area contributed by atoms with Crippen molar-refractivity contribution in [3.05, 3.63) is 35.4 Å². The molecule has 2 unspecified atom stereocenters. The molecule has 0 saturated carbocycles. The number of aliphatic hydroxyl groups is 1. The number of nitrogens with zero attached hydrogens (tertiary/aromatic N) is 1. The number of piperidine rings is 1. The topological polar surface area (TPSA) is 35.5 Å². The summed E-state index contributed by atoms with van der Waals surface area (Å²) in [4.78, 5) is 2.48. The van der Waals surface area contributed by atoms with Gasteiger partial charge in [-0.15, -0.1) is 0 Å². The van der Waals surface area contributed by atoms with Crippen LogP contribution in [0.1, 0.15) is 44.2 Å². The molecule has 0 radical (unpaired) electrons. The van der Waals surface area contributed by atoms with Crippen LogP contribution in [-0.4, -0.2) is 46.2 Å². The molecule has 2 aliphatic heterocycles. The lowest BCUT2D eigenvalue weighted by Gasteiger charge is -2.30. The first-order valence-electron chi connectivity index (χ1n) is 9.44. The molecule has 24 heavy (non-hydrogen) atoms. The van der Waals surface area contributed by atoms with Gasteiger partial charge >= 0.3 is 0 Å². The molecule has 1 aromatic rings. The van der Waals surface area contributed by atoms with E-state index in [9.17, 15) is 5.11 Å². The maximum absolute atomic E-state index is 9.67. The zero-order chi connectivity index (χ0) is 16.9. The Hall–Kier alpha value is -0.550. The average molecular weight is 349 g/mol. The van der Waals surface area contributed by atoms with E-state index < -0.39 is 0 Å². The Kier molecular flexibility index (Phi) is 6.62. The monoisotopic (exact) mass is 348 g/mol. The van der Waals surface area contributed by atoms with Gasteiger partial charge in [0.25, 0.3) is 0 Å². The fraction of sp³-hybridized carbons (Fsp3) is 0.700. The highest BCUT2D eigenvalue weighted by molar-refractivity contribution is 8.00. The van der Waals surface area contributed by atoms with Crippen molar-refractivity contribution in [2.45, 2.75) is 63.6 Å². The standard InChI is InChI=1S/C20H32N2OS/c1-15(2)20-11-18(14-24-20)21-12-16-5-3-4-6-17(16)13-22-9-7-19(23)8-10-22/h3-6,15,18-21,23H,7-14H2,1-2H3. The van der Waals surface area contributed by atoms with Crippen LogP contribution < -0.4 is 5.32 Å². The maximum Gasteiger partial charge on any atom is 0.0564 e. The molecule has 2 fully saturated rings. The summed E-state index contributed by atoms with van der Waals surface area (Å²) in [5, 5.41) is 14.3. The predicted molar refractivity (Wildman–Crippen MR) is 103 cm³/mol. The van der Waals surface area contributed by atoms with Gasteiger partial charge in [-0.05, 0) is 36.3 Å². The Morgan fingerprint density at radius 2 is 1.92 bits per heavy atom. The zero-order valence-electron chi connectivity index (χ0n) is 15.1. The summed E-state index contributed by atoms with van der Waals surface area (Å²) < 4.78 is 0. The van der Waals surface area contributed by atoms with Crippen molar-refractivity contribution in [2.75, 3.05) is 18.8 Å². The molecule has 0 aliphatic carbocycles. The summed E-state index contributed by atoms with van der Waals surface area (Å²) in [6, 6.07) is 9.49. The molecule has 2 aliphatic rings. The smallest absolute Gasteiger partial charge is 0.0564 e. The first-order valence-corrected chi connectivity index (χ1v) is 10.5. The highest BCUT2D eigenvalue weighted by Crippen LogP contribution is 2.32. The molecular weight excluding hydrogens is 316 g/mol. The summed E-state index contributed by atoms with van der Waals surface area (Å²) in [5.41, 5.74) is 2.87. The lowest BCUT2D eigenvalue weighted by Crippen LogP contribution is -2.36. The average Bonchev–Trinajstić information content (AvgIpc) is 3.05. The third kappa shape index (κ3) is 4.98. The van der Waals surface area contributed by atoms with Gasteiger partial charge < -0.3 is 10.4 Å². The van der Waals surface area contributed by atoms with E-state index in [1.165, 1.54) is 23.3 Å². The summed E-state index contributed by atoms with van der Waals surface area (Å²) in [7, 11) is 0. The van der Waals surface area contributed by atoms with Crippen molar-refractivity contribution in [3.8, 4) is 0 Å². The van der Waals surface area contributed by atoms with E-state index in [2.05, 4.69) is 60.1 Å². The third-order valence-corrected chi connectivity index (χ3v) is 7.18. The second-order valence-electron chi connectivity index (χ2n) is 7.71. The van der Waals surface area contributed by atoms with E-state index in [-0.39, 0.29) is 6.10 Å². The van der Waals surface area contributed by atoms with Gasteiger partial charge in [-0.3, -0.25) is 4.90 Å². The molecule has 3 rings (SSSR count). The Bertz CT molecular complexity index is 514. The van der Waals surface area contributed by atoms with Crippen LogP contribution in [0.2, 0.25) is 0 Å². The quantitative estimate of drug-likeness (QED) is 0.827. The molecule has 0 bridgehead atoms. The second-order valence-corrected chi connectivity index (χ2v) is 8.98. The summed E-state index contributed by atoms with van der Waals surface area (Å²) >= 11 is 2.13. The number of aliphatic hydroxyl groups excluding tert-OH is 1. The van der Waals surface area contributed by atoms with Crippen molar-refractivity contribution in [1.82, 2.24) is 10.2 Å². The maximum atomic E-state index is 9.67. The van der Waals surface area contributed by atoms with Crippen molar-refractivity contribution < 1.29 is 5.11 Å². The molecule has 2 heterocycles. The first kappa shape index (κ1) is 18.2. The Balaban J connectivity index is 1.53. The van der Waals surface area contributed by atoms with Gasteiger partial charge in [-0.25, -0.2) is 0 Å². The van der Waals surface area contributed by atoms with Gasteiger partial charge in [0.1, 0.15) is 0 Å². The van der Waals surface area contributed by atoms with Gasteiger partial charge in [-0.1, -0.05) is 38.1 Å². The molecule has 0 aromatic heterocycles. The van der Waals surface area contributed by atoms with E-state index in [0.29, 0.717) is 6.04 Å². The summed E-state index contributed by atoms with van der Waals surface area (Å²) in [6.07, 6.45) is 3.04. The van der Waals surface area contributed by atoms with E-state index in [1.807, 2.05) is 0 Å². The molecule has 2 atom stereocenters. The second kappa shape index (κ2) is 8.70. The van der Waals surface area contributed by atoms with Crippen molar-refractivity contribution in [3.63, 3.8) is 0 Å². The number of hydrogen-bond acceptors (Lipinski definition) is 4. The van der Waals surface area contributed by atoms with Gasteiger partial charge in [0.15, 0.2) is 0 Å². The number of nitrogens with one attached hydrogen (secondary N) is 1. The summed E-state index contributed by atoms with van der Waals surface area (Å²) in [5.74, 6) is 2.03. The van der Waals surface area contributed by atoms with Crippen LogP contribution in [0.3, 0.4) is 0 Å². The largest absolute Gasteiger partial charge is 0.393 e. The third-order valence-electron chi connectivity index (χ3n) is 5.42. The van der Waals surface area contributed by atoms with Crippen LogP contribution in [0, 0.1) is 5.92 Å². The first-order chi connectivity index (χ1) is 11.6. The molecule has 0 amide bonds. The van der Waals surface area contributed by atoms with Gasteiger partial charge in [0, 0.05) is 43.2 Å². The molecule has 4 heteroatoms. The number of rotatable bonds is 6. The van der Waals surface area contributed by atoms with E-state index in [4.69, 9.17) is 0 Å². The van der Waals surface area contributed by atoms with Crippen molar-refractivity contribution >= 4 is 11.8 Å².